The molecule has 0 saturated carbocycles. The van der Waals surface area contributed by atoms with Gasteiger partial charge in [0.15, 0.2) is 10.7 Å². The first-order valence-electron chi connectivity index (χ1n) is 6.32. The summed E-state index contributed by atoms with van der Waals surface area (Å²) in [4.78, 5) is 21.5. The number of carbonyl (C=O) groups is 2. The minimum Gasteiger partial charge on any atom is -0.289 e. The fraction of sp³-hybridized carbons (Fsp3) is 0. The molecule has 3 rings (SSSR count). The molecule has 0 fully saturated rings. The molecule has 11 heteroatoms. The maximum atomic E-state index is 12.4. The van der Waals surface area contributed by atoms with E-state index in [9.17, 15) is 35.5 Å². The molecule has 0 spiro atoms. The Hall–Kier alpha value is -1.40. The first kappa shape index (κ1) is 19.9. The third-order valence-corrected chi connectivity index (χ3v) is 5.44. The molecule has 0 saturated heterocycles. The van der Waals surface area contributed by atoms with Crippen LogP contribution in [0.2, 0.25) is 0 Å². The number of benzene rings is 1. The van der Waals surface area contributed by atoms with E-state index in [-0.39, 0.29) is 51.7 Å². The van der Waals surface area contributed by atoms with Gasteiger partial charge in [-0.05, 0) is 34.7 Å². The summed E-state index contributed by atoms with van der Waals surface area (Å²) in [6.07, 6.45) is 4.94. The average Bonchev–Trinajstić information content (AvgIpc) is 2.44. The molecule has 1 aromatic carbocycles. The van der Waals surface area contributed by atoms with Crippen LogP contribution in [0.15, 0.2) is 34.1 Å². The number of allylic oxidation sites excluding steroid dienone is 4. The van der Waals surface area contributed by atoms with Crippen molar-refractivity contribution < 1.29 is 35.5 Å². The molecule has 8 nitrogen and oxygen atoms in total. The predicted octanol–water partition coefficient (Wildman–Crippen LogP) is -1.20. The van der Waals surface area contributed by atoms with Crippen LogP contribution in [0.25, 0.3) is 12.2 Å². The normalized spacial score (nSPS) is 16.4. The zero-order valence-electron chi connectivity index (χ0n) is 12.6. The summed E-state index contributed by atoms with van der Waals surface area (Å²) < 4.78 is 64.0. The molecule has 1 radical (unpaired) electrons. The van der Waals surface area contributed by atoms with Crippen molar-refractivity contribution in [2.45, 2.75) is 0 Å². The van der Waals surface area contributed by atoms with E-state index in [1.807, 2.05) is 0 Å². The van der Waals surface area contributed by atoms with Crippen molar-refractivity contribution in [1.82, 2.24) is 0 Å². The van der Waals surface area contributed by atoms with Crippen molar-refractivity contribution in [3.63, 3.8) is 0 Å². The van der Waals surface area contributed by atoms with E-state index in [0.29, 0.717) is 5.22 Å². The number of hydrogen-bond donors (Lipinski definition) is 2. The maximum absolute atomic E-state index is 12.4. The fourth-order valence-electron chi connectivity index (χ4n) is 2.51. The maximum Gasteiger partial charge on any atom is 0.299 e. The molecule has 2 aliphatic carbocycles. The van der Waals surface area contributed by atoms with E-state index < -0.39 is 35.8 Å². The Balaban J connectivity index is 0.00000225. The van der Waals surface area contributed by atoms with Gasteiger partial charge in [-0.2, -0.15) is 16.8 Å². The van der Waals surface area contributed by atoms with Gasteiger partial charge in [0, 0.05) is 40.7 Å². The van der Waals surface area contributed by atoms with Crippen LogP contribution in [-0.2, 0) is 20.2 Å². The molecular formula is C14H8NaO8S2. The quantitative estimate of drug-likeness (QED) is 0.473. The first-order valence-corrected chi connectivity index (χ1v) is 9.20. The van der Waals surface area contributed by atoms with Gasteiger partial charge in [0.1, 0.15) is 4.91 Å². The van der Waals surface area contributed by atoms with Crippen LogP contribution in [0.3, 0.4) is 0 Å². The standard InChI is InChI=1S/C14H8O8S2.Na/c15-11-3-1-2-7-4-10-8(5-9(7)11)6-12(23(17,18)19)14(13(10)16)24(20,21)22;/h1-6H,(H,17,18,19)(H,20,21,22);. The van der Waals surface area contributed by atoms with Gasteiger partial charge in [-0.25, -0.2) is 0 Å². The summed E-state index contributed by atoms with van der Waals surface area (Å²) in [6, 6.07) is 2.44. The van der Waals surface area contributed by atoms with Crippen LogP contribution >= 0.6 is 0 Å². The van der Waals surface area contributed by atoms with Crippen molar-refractivity contribution in [3.8, 4) is 0 Å². The number of rotatable bonds is 2. The van der Waals surface area contributed by atoms with Crippen LogP contribution < -0.4 is 10.4 Å². The first-order chi connectivity index (χ1) is 11.0. The summed E-state index contributed by atoms with van der Waals surface area (Å²) >= 11 is 0. The van der Waals surface area contributed by atoms with E-state index in [1.165, 1.54) is 30.4 Å². The molecule has 25 heavy (non-hydrogen) atoms. The van der Waals surface area contributed by atoms with Gasteiger partial charge in [-0.3, -0.25) is 18.7 Å². The third-order valence-electron chi connectivity index (χ3n) is 3.51. The van der Waals surface area contributed by atoms with Crippen molar-refractivity contribution >= 4 is 73.5 Å². The zero-order valence-corrected chi connectivity index (χ0v) is 16.3. The number of hydrogen-bond acceptors (Lipinski definition) is 6. The molecule has 2 aliphatic rings. The smallest absolute Gasteiger partial charge is 0.289 e. The predicted molar refractivity (Wildman–Crippen MR) is 88.3 cm³/mol. The molecule has 0 bridgehead atoms. The summed E-state index contributed by atoms with van der Waals surface area (Å²) in [6.45, 7) is 0. The van der Waals surface area contributed by atoms with Gasteiger partial charge >= 0.3 is 0 Å². The summed E-state index contributed by atoms with van der Waals surface area (Å²) in [5.41, 5.74) is -0.0292. The SMILES string of the molecule is O=C1C=CC=c2cc3c(cc21)=CC(S(=O)(=O)O)=C(S(=O)(=O)O)C3=O.[Na]. The third kappa shape index (κ3) is 3.47. The molecule has 0 aromatic heterocycles. The van der Waals surface area contributed by atoms with Gasteiger partial charge < -0.3 is 0 Å². The Kier molecular flexibility index (Phi) is 5.10. The van der Waals surface area contributed by atoms with Gasteiger partial charge in [0.2, 0.25) is 5.78 Å². The Morgan fingerprint density at radius 3 is 2.00 bits per heavy atom. The van der Waals surface area contributed by atoms with Crippen molar-refractivity contribution in [2.24, 2.45) is 0 Å². The van der Waals surface area contributed by atoms with Gasteiger partial charge in [-0.15, -0.1) is 0 Å². The van der Waals surface area contributed by atoms with E-state index >= 15 is 0 Å². The van der Waals surface area contributed by atoms with E-state index in [1.54, 1.807) is 0 Å². The minimum absolute atomic E-state index is 0. The van der Waals surface area contributed by atoms with E-state index in [0.717, 1.165) is 6.08 Å². The van der Waals surface area contributed by atoms with Crippen LogP contribution in [0, 0.1) is 0 Å². The van der Waals surface area contributed by atoms with Crippen molar-refractivity contribution in [1.29, 1.82) is 0 Å². The molecular weight excluding hydrogens is 383 g/mol. The molecule has 0 aliphatic heterocycles. The largest absolute Gasteiger partial charge is 0.299 e. The Morgan fingerprint density at radius 2 is 1.44 bits per heavy atom. The van der Waals surface area contributed by atoms with E-state index in [2.05, 4.69) is 0 Å². The Bertz CT molecular complexity index is 1220. The number of carbonyl (C=O) groups excluding carboxylic acids is 2. The van der Waals surface area contributed by atoms with Crippen LogP contribution in [0.4, 0.5) is 0 Å². The fourth-order valence-corrected chi connectivity index (χ4v) is 4.40. The molecule has 125 valence electrons. The van der Waals surface area contributed by atoms with Crippen LogP contribution in [0.1, 0.15) is 20.7 Å². The molecule has 0 heterocycles. The second-order valence-electron chi connectivity index (χ2n) is 5.03. The second kappa shape index (κ2) is 6.40. The Labute approximate surface area is 164 Å². The average molecular weight is 391 g/mol. The second-order valence-corrected chi connectivity index (χ2v) is 7.78. The van der Waals surface area contributed by atoms with E-state index in [4.69, 9.17) is 0 Å². The summed E-state index contributed by atoms with van der Waals surface area (Å²) in [5, 5.41) is 0.281. The Morgan fingerprint density at radius 1 is 0.840 bits per heavy atom. The molecule has 0 atom stereocenters. The van der Waals surface area contributed by atoms with Gasteiger partial charge in [-0.1, -0.05) is 12.2 Å². The number of ketones is 2. The summed E-state index contributed by atoms with van der Waals surface area (Å²) in [5.74, 6) is -1.67. The van der Waals surface area contributed by atoms with Gasteiger partial charge in [0.05, 0.1) is 0 Å². The van der Waals surface area contributed by atoms with Crippen LogP contribution in [0.5, 0.6) is 0 Å². The van der Waals surface area contributed by atoms with Crippen LogP contribution in [-0.4, -0.2) is 67.1 Å². The topological polar surface area (TPSA) is 143 Å². The minimum atomic E-state index is -5.21. The van der Waals surface area contributed by atoms with Crippen molar-refractivity contribution in [3.05, 3.63) is 55.7 Å². The molecule has 0 amide bonds. The van der Waals surface area contributed by atoms with Crippen molar-refractivity contribution in [2.75, 3.05) is 0 Å². The van der Waals surface area contributed by atoms with Gasteiger partial charge in [0.25, 0.3) is 20.2 Å². The zero-order chi connectivity index (χ0) is 17.9. The monoisotopic (exact) mass is 391 g/mol. The molecule has 1 aromatic rings. The summed E-state index contributed by atoms with van der Waals surface area (Å²) in [7, 11) is -10.3. The number of Topliss-reactive ketones (excluding diaryl/α,β-unsaturated/α-hetero) is 1. The molecule has 2 N–H and O–H groups in total. The molecule has 0 unspecified atom stereocenters. The number of fused-ring (bicyclic) bond motifs is 2.